The summed E-state index contributed by atoms with van der Waals surface area (Å²) in [7, 11) is -4.26. The number of nitrogens with one attached hydrogen (secondary N) is 1. The number of aromatic nitrogens is 3. The van der Waals surface area contributed by atoms with Gasteiger partial charge in [-0.3, -0.25) is 5.10 Å². The fourth-order valence-corrected chi connectivity index (χ4v) is 4.10. The molecular weight excluding hydrogens is 333 g/mol. The molecule has 1 aromatic heterocycles. The normalized spacial score (nSPS) is 19.4. The van der Waals surface area contributed by atoms with Crippen LogP contribution in [0.1, 0.15) is 24.0 Å². The predicted octanol–water partition coefficient (Wildman–Crippen LogP) is 1.71. The quantitative estimate of drug-likeness (QED) is 0.858. The van der Waals surface area contributed by atoms with Gasteiger partial charge in [0.1, 0.15) is 10.7 Å². The van der Waals surface area contributed by atoms with E-state index in [9.17, 15) is 21.6 Å². The van der Waals surface area contributed by atoms with Gasteiger partial charge in [-0.2, -0.15) is 9.40 Å². The number of benzene rings is 1. The van der Waals surface area contributed by atoms with Gasteiger partial charge >= 0.3 is 0 Å². The van der Waals surface area contributed by atoms with E-state index in [0.717, 1.165) is 10.4 Å². The fourth-order valence-electron chi connectivity index (χ4n) is 2.55. The molecule has 124 valence electrons. The van der Waals surface area contributed by atoms with Gasteiger partial charge in [0.25, 0.3) is 0 Å². The molecular formula is C13H13F3N4O2S. The number of H-pyrrole nitrogens is 1. The number of rotatable bonds is 3. The van der Waals surface area contributed by atoms with Gasteiger partial charge in [0.2, 0.25) is 10.0 Å². The summed E-state index contributed by atoms with van der Waals surface area (Å²) in [6.07, 6.45) is 0.460. The molecule has 2 heterocycles. The first kappa shape index (κ1) is 15.9. The zero-order valence-electron chi connectivity index (χ0n) is 12.1. The molecule has 0 bridgehead atoms. The molecule has 1 unspecified atom stereocenters. The Morgan fingerprint density at radius 3 is 2.65 bits per heavy atom. The molecule has 1 atom stereocenters. The van der Waals surface area contributed by atoms with E-state index >= 15 is 0 Å². The fraction of sp³-hybridized carbons (Fsp3) is 0.385. The lowest BCUT2D eigenvalue weighted by molar-refractivity contribution is 0.422. The number of sulfonamides is 1. The summed E-state index contributed by atoms with van der Waals surface area (Å²) in [5, 5.41) is 6.66. The largest absolute Gasteiger partial charge is 0.263 e. The number of halogens is 3. The molecule has 1 fully saturated rings. The second-order valence-electron chi connectivity index (χ2n) is 5.30. The van der Waals surface area contributed by atoms with Gasteiger partial charge < -0.3 is 0 Å². The molecule has 0 aliphatic carbocycles. The number of aromatic amines is 1. The Morgan fingerprint density at radius 1 is 1.26 bits per heavy atom. The van der Waals surface area contributed by atoms with Gasteiger partial charge in [-0.1, -0.05) is 0 Å². The average Bonchev–Trinajstić information content (AvgIpc) is 3.13. The van der Waals surface area contributed by atoms with E-state index < -0.39 is 32.4 Å². The summed E-state index contributed by atoms with van der Waals surface area (Å²) >= 11 is 0. The van der Waals surface area contributed by atoms with Crippen molar-refractivity contribution in [2.75, 3.05) is 13.1 Å². The van der Waals surface area contributed by atoms with Crippen LogP contribution in [0, 0.1) is 24.4 Å². The van der Waals surface area contributed by atoms with Crippen molar-refractivity contribution in [2.45, 2.75) is 24.2 Å². The van der Waals surface area contributed by atoms with Crippen LogP contribution < -0.4 is 0 Å². The highest BCUT2D eigenvalue weighted by Crippen LogP contribution is 2.31. The van der Waals surface area contributed by atoms with Gasteiger partial charge in [0, 0.05) is 19.0 Å². The number of hydrogen-bond donors (Lipinski definition) is 1. The van der Waals surface area contributed by atoms with E-state index in [1.165, 1.54) is 0 Å². The van der Waals surface area contributed by atoms with Crippen LogP contribution in [0.25, 0.3) is 0 Å². The van der Waals surface area contributed by atoms with E-state index in [1.54, 1.807) is 6.92 Å². The summed E-state index contributed by atoms with van der Waals surface area (Å²) in [5.74, 6) is -4.09. The van der Waals surface area contributed by atoms with Crippen LogP contribution in [0.5, 0.6) is 0 Å². The Morgan fingerprint density at radius 2 is 2.00 bits per heavy atom. The predicted molar refractivity (Wildman–Crippen MR) is 73.6 cm³/mol. The Bertz CT molecular complexity index is 853. The van der Waals surface area contributed by atoms with Crippen molar-refractivity contribution in [3.8, 4) is 0 Å². The Balaban J connectivity index is 1.88. The van der Waals surface area contributed by atoms with E-state index in [2.05, 4.69) is 15.2 Å². The minimum atomic E-state index is -4.26. The van der Waals surface area contributed by atoms with E-state index in [1.807, 2.05) is 0 Å². The Labute approximate surface area is 130 Å². The zero-order chi connectivity index (χ0) is 16.8. The first-order chi connectivity index (χ1) is 10.8. The van der Waals surface area contributed by atoms with E-state index in [-0.39, 0.29) is 19.0 Å². The molecule has 1 N–H and O–H groups in total. The Kier molecular flexibility index (Phi) is 3.88. The summed E-state index contributed by atoms with van der Waals surface area (Å²) in [4.78, 5) is 3.28. The van der Waals surface area contributed by atoms with Crippen molar-refractivity contribution < 1.29 is 21.6 Å². The summed E-state index contributed by atoms with van der Waals surface area (Å²) in [5.41, 5.74) is 0. The van der Waals surface area contributed by atoms with Crippen LogP contribution in [0.3, 0.4) is 0 Å². The van der Waals surface area contributed by atoms with Crippen molar-refractivity contribution in [2.24, 2.45) is 0 Å². The summed E-state index contributed by atoms with van der Waals surface area (Å²) in [6.45, 7) is 1.90. The van der Waals surface area contributed by atoms with Crippen LogP contribution in [-0.2, 0) is 10.0 Å². The monoisotopic (exact) mass is 346 g/mol. The summed E-state index contributed by atoms with van der Waals surface area (Å²) < 4.78 is 66.0. The Hall–Kier alpha value is -1.94. The maximum Gasteiger partial charge on any atom is 0.246 e. The molecule has 0 radical (unpaired) electrons. The van der Waals surface area contributed by atoms with Crippen LogP contribution in [0.2, 0.25) is 0 Å². The van der Waals surface area contributed by atoms with Crippen molar-refractivity contribution in [3.05, 3.63) is 41.2 Å². The SMILES string of the molecule is Cc1nc(C2CCN(S(=O)(=O)c3ccc(F)c(F)c3F)C2)n[nH]1. The number of hydrogen-bond acceptors (Lipinski definition) is 4. The minimum absolute atomic E-state index is 0.0536. The van der Waals surface area contributed by atoms with Crippen molar-refractivity contribution in [1.29, 1.82) is 0 Å². The van der Waals surface area contributed by atoms with E-state index in [4.69, 9.17) is 0 Å². The molecule has 23 heavy (non-hydrogen) atoms. The van der Waals surface area contributed by atoms with Gasteiger partial charge in [-0.25, -0.2) is 26.6 Å². The molecule has 0 amide bonds. The molecule has 1 aliphatic rings. The lowest BCUT2D eigenvalue weighted by Gasteiger charge is -2.16. The summed E-state index contributed by atoms with van der Waals surface area (Å²) in [6, 6.07) is 1.32. The van der Waals surface area contributed by atoms with Crippen LogP contribution in [-0.4, -0.2) is 41.0 Å². The third-order valence-electron chi connectivity index (χ3n) is 3.75. The smallest absolute Gasteiger partial charge is 0.246 e. The van der Waals surface area contributed by atoms with Gasteiger partial charge in [0.15, 0.2) is 23.3 Å². The third kappa shape index (κ3) is 2.72. The van der Waals surface area contributed by atoms with Crippen molar-refractivity contribution >= 4 is 10.0 Å². The molecule has 1 aliphatic heterocycles. The second kappa shape index (κ2) is 5.60. The van der Waals surface area contributed by atoms with Crippen molar-refractivity contribution in [1.82, 2.24) is 19.5 Å². The number of nitrogens with zero attached hydrogens (tertiary/aromatic N) is 3. The van der Waals surface area contributed by atoms with E-state index in [0.29, 0.717) is 24.1 Å². The molecule has 1 saturated heterocycles. The second-order valence-corrected chi connectivity index (χ2v) is 7.21. The van der Waals surface area contributed by atoms with Gasteiger partial charge in [-0.15, -0.1) is 0 Å². The molecule has 0 saturated carbocycles. The van der Waals surface area contributed by atoms with Crippen LogP contribution in [0.4, 0.5) is 13.2 Å². The topological polar surface area (TPSA) is 79.0 Å². The molecule has 1 aromatic carbocycles. The lowest BCUT2D eigenvalue weighted by Crippen LogP contribution is -2.29. The molecule has 10 heteroatoms. The van der Waals surface area contributed by atoms with Crippen LogP contribution >= 0.6 is 0 Å². The standard InChI is InChI=1S/C13H13F3N4O2S/c1-7-17-13(19-18-7)8-4-5-20(6-8)23(21,22)10-3-2-9(14)11(15)12(10)16/h2-3,8H,4-6H2,1H3,(H,17,18,19). The van der Waals surface area contributed by atoms with Crippen molar-refractivity contribution in [3.63, 3.8) is 0 Å². The molecule has 3 rings (SSSR count). The molecule has 6 nitrogen and oxygen atoms in total. The lowest BCUT2D eigenvalue weighted by atomic mass is 10.1. The number of aryl methyl sites for hydroxylation is 1. The highest BCUT2D eigenvalue weighted by atomic mass is 32.2. The highest BCUT2D eigenvalue weighted by molar-refractivity contribution is 7.89. The minimum Gasteiger partial charge on any atom is -0.263 e. The van der Waals surface area contributed by atoms with Crippen LogP contribution in [0.15, 0.2) is 17.0 Å². The van der Waals surface area contributed by atoms with Gasteiger partial charge in [0.05, 0.1) is 0 Å². The highest BCUT2D eigenvalue weighted by Gasteiger charge is 2.37. The maximum absolute atomic E-state index is 13.8. The first-order valence-electron chi connectivity index (χ1n) is 6.83. The van der Waals surface area contributed by atoms with Gasteiger partial charge in [-0.05, 0) is 25.5 Å². The third-order valence-corrected chi connectivity index (χ3v) is 5.63. The zero-order valence-corrected chi connectivity index (χ0v) is 12.9. The molecule has 2 aromatic rings. The average molecular weight is 346 g/mol. The maximum atomic E-state index is 13.8. The first-order valence-corrected chi connectivity index (χ1v) is 8.27. The molecule has 0 spiro atoms.